The number of fused-ring (bicyclic) bond motifs is 1. The van der Waals surface area contributed by atoms with Crippen LogP contribution in [-0.2, 0) is 16.0 Å². The molecule has 2 aromatic carbocycles. The quantitative estimate of drug-likeness (QED) is 0.280. The van der Waals surface area contributed by atoms with Gasteiger partial charge in [0.05, 0.1) is 25.3 Å². The van der Waals surface area contributed by atoms with E-state index in [2.05, 4.69) is 4.90 Å². The number of carbonyl (C=O) groups excluding carboxylic acids is 2. The minimum atomic E-state index is -2.55. The van der Waals surface area contributed by atoms with E-state index in [9.17, 15) is 18.4 Å². The van der Waals surface area contributed by atoms with Crippen molar-refractivity contribution in [3.63, 3.8) is 0 Å². The summed E-state index contributed by atoms with van der Waals surface area (Å²) in [6.45, 7) is 8.72. The van der Waals surface area contributed by atoms with Crippen LogP contribution < -0.4 is 4.74 Å². The molecular formula is C33H40F2N2O5. The summed E-state index contributed by atoms with van der Waals surface area (Å²) in [7, 11) is 2.99. The SMILES string of the molecule is COC(=O)c1ccc([C@@H]2C[C@@H](C3CC(F)(F)C3)CCN2Cc2c(OC)cc(C)c3c2ccn3C(=O)OC(C)(C)C)cc1. The number of hydrogen-bond donors (Lipinski definition) is 0. The van der Waals surface area contributed by atoms with Crippen LogP contribution >= 0.6 is 0 Å². The molecule has 1 aliphatic heterocycles. The van der Waals surface area contributed by atoms with Crippen LogP contribution in [0.1, 0.15) is 79.5 Å². The van der Waals surface area contributed by atoms with E-state index in [4.69, 9.17) is 14.2 Å². The number of esters is 1. The van der Waals surface area contributed by atoms with Crippen LogP contribution in [-0.4, -0.2) is 53.8 Å². The molecule has 9 heteroatoms. The highest BCUT2D eigenvalue weighted by Gasteiger charge is 2.49. The average molecular weight is 583 g/mol. The molecule has 2 aliphatic rings. The smallest absolute Gasteiger partial charge is 0.419 e. The molecule has 1 saturated carbocycles. The summed E-state index contributed by atoms with van der Waals surface area (Å²) in [4.78, 5) is 27.5. The number of aromatic nitrogens is 1. The molecule has 7 nitrogen and oxygen atoms in total. The van der Waals surface area contributed by atoms with Crippen molar-refractivity contribution < 1.29 is 32.6 Å². The number of aryl methyl sites for hydroxylation is 1. The van der Waals surface area contributed by atoms with Gasteiger partial charge in [-0.2, -0.15) is 0 Å². The summed E-state index contributed by atoms with van der Waals surface area (Å²) in [5.74, 6) is -2.02. The van der Waals surface area contributed by atoms with Gasteiger partial charge in [-0.3, -0.25) is 9.47 Å². The van der Waals surface area contributed by atoms with E-state index in [1.54, 1.807) is 30.0 Å². The van der Waals surface area contributed by atoms with E-state index in [1.807, 2.05) is 52.0 Å². The van der Waals surface area contributed by atoms with Gasteiger partial charge in [-0.05, 0) is 94.3 Å². The van der Waals surface area contributed by atoms with Gasteiger partial charge in [-0.15, -0.1) is 0 Å². The van der Waals surface area contributed by atoms with E-state index in [-0.39, 0.29) is 30.7 Å². The fourth-order valence-corrected chi connectivity index (χ4v) is 6.58. The lowest BCUT2D eigenvalue weighted by atomic mass is 9.68. The Kier molecular flexibility index (Phi) is 8.09. The first-order chi connectivity index (χ1) is 19.8. The molecule has 2 atom stereocenters. The van der Waals surface area contributed by atoms with Gasteiger partial charge in [0.25, 0.3) is 0 Å². The maximum Gasteiger partial charge on any atom is 0.419 e. The number of carbonyl (C=O) groups is 2. The zero-order valence-electron chi connectivity index (χ0n) is 25.2. The number of piperidine rings is 1. The maximum absolute atomic E-state index is 13.8. The zero-order chi connectivity index (χ0) is 30.4. The minimum Gasteiger partial charge on any atom is -0.496 e. The number of likely N-dealkylation sites (tertiary alicyclic amines) is 1. The zero-order valence-corrected chi connectivity index (χ0v) is 25.2. The van der Waals surface area contributed by atoms with E-state index in [0.717, 1.165) is 52.7 Å². The monoisotopic (exact) mass is 582 g/mol. The summed E-state index contributed by atoms with van der Waals surface area (Å²) < 4.78 is 45.5. The van der Waals surface area contributed by atoms with Gasteiger partial charge in [-0.1, -0.05) is 12.1 Å². The van der Waals surface area contributed by atoms with Crippen molar-refractivity contribution in [3.05, 3.63) is 64.8 Å². The molecule has 1 saturated heterocycles. The van der Waals surface area contributed by atoms with E-state index < -0.39 is 23.6 Å². The van der Waals surface area contributed by atoms with Crippen molar-refractivity contribution in [1.82, 2.24) is 9.47 Å². The molecule has 2 heterocycles. The molecule has 3 aromatic rings. The number of benzene rings is 2. The highest BCUT2D eigenvalue weighted by molar-refractivity contribution is 5.95. The molecule has 42 heavy (non-hydrogen) atoms. The minimum absolute atomic E-state index is 0.0162. The molecule has 0 amide bonds. The van der Waals surface area contributed by atoms with Crippen molar-refractivity contribution in [2.24, 2.45) is 11.8 Å². The molecule has 2 fully saturated rings. The Morgan fingerprint density at radius 2 is 1.74 bits per heavy atom. The Morgan fingerprint density at radius 1 is 1.05 bits per heavy atom. The van der Waals surface area contributed by atoms with Gasteiger partial charge in [0, 0.05) is 42.6 Å². The molecule has 1 aromatic heterocycles. The van der Waals surface area contributed by atoms with Gasteiger partial charge in [0.15, 0.2) is 0 Å². The molecule has 0 spiro atoms. The summed E-state index contributed by atoms with van der Waals surface area (Å²) in [5, 5.41) is 0.901. The van der Waals surface area contributed by atoms with Gasteiger partial charge < -0.3 is 14.2 Å². The maximum atomic E-state index is 13.8. The molecule has 5 rings (SSSR count). The number of rotatable bonds is 6. The Morgan fingerprint density at radius 3 is 2.33 bits per heavy atom. The summed E-state index contributed by atoms with van der Waals surface area (Å²) >= 11 is 0. The van der Waals surface area contributed by atoms with Crippen LogP contribution in [0.2, 0.25) is 0 Å². The number of alkyl halides is 2. The molecule has 226 valence electrons. The normalized spacial score (nSPS) is 21.1. The lowest BCUT2D eigenvalue weighted by Gasteiger charge is -2.47. The Hall–Kier alpha value is -3.46. The highest BCUT2D eigenvalue weighted by Crippen LogP contribution is 2.51. The molecule has 0 bridgehead atoms. The Bertz CT molecular complexity index is 1470. The van der Waals surface area contributed by atoms with Crippen molar-refractivity contribution in [3.8, 4) is 5.75 Å². The number of hydrogen-bond acceptors (Lipinski definition) is 6. The first kappa shape index (κ1) is 30.0. The Labute approximate surface area is 245 Å². The number of methoxy groups -OCH3 is 2. The van der Waals surface area contributed by atoms with Gasteiger partial charge in [-0.25, -0.2) is 18.4 Å². The largest absolute Gasteiger partial charge is 0.496 e. The van der Waals surface area contributed by atoms with Crippen LogP contribution in [0.15, 0.2) is 42.6 Å². The number of nitrogens with zero attached hydrogens (tertiary/aromatic N) is 2. The molecule has 0 radical (unpaired) electrons. The molecule has 0 N–H and O–H groups in total. The lowest BCUT2D eigenvalue weighted by molar-refractivity contribution is -0.134. The fraction of sp³-hybridized carbons (Fsp3) is 0.515. The van der Waals surface area contributed by atoms with E-state index >= 15 is 0 Å². The highest BCUT2D eigenvalue weighted by atomic mass is 19.3. The summed E-state index contributed by atoms with van der Waals surface area (Å²) in [6, 6.07) is 11.2. The predicted octanol–water partition coefficient (Wildman–Crippen LogP) is 7.53. The first-order valence-corrected chi connectivity index (χ1v) is 14.5. The van der Waals surface area contributed by atoms with E-state index in [0.29, 0.717) is 12.1 Å². The second kappa shape index (κ2) is 11.3. The van der Waals surface area contributed by atoms with Crippen LogP contribution in [0, 0.1) is 18.8 Å². The summed E-state index contributed by atoms with van der Waals surface area (Å²) in [6.07, 6.45) is 2.77. The third-order valence-electron chi connectivity index (χ3n) is 8.66. The number of ether oxygens (including phenoxy) is 3. The third-order valence-corrected chi connectivity index (χ3v) is 8.66. The molecule has 1 aliphatic carbocycles. The molecular weight excluding hydrogens is 542 g/mol. The van der Waals surface area contributed by atoms with Crippen molar-refractivity contribution >= 4 is 23.0 Å². The first-order valence-electron chi connectivity index (χ1n) is 14.5. The van der Waals surface area contributed by atoms with Crippen LogP contribution in [0.4, 0.5) is 13.6 Å². The van der Waals surface area contributed by atoms with Gasteiger partial charge >= 0.3 is 12.1 Å². The topological polar surface area (TPSA) is 70.0 Å². The third kappa shape index (κ3) is 6.02. The average Bonchev–Trinajstić information content (AvgIpc) is 3.38. The lowest BCUT2D eigenvalue weighted by Crippen LogP contribution is -2.45. The summed E-state index contributed by atoms with van der Waals surface area (Å²) in [5.41, 5.74) is 3.45. The van der Waals surface area contributed by atoms with E-state index in [1.165, 1.54) is 7.11 Å². The van der Waals surface area contributed by atoms with Crippen molar-refractivity contribution in [1.29, 1.82) is 0 Å². The van der Waals surface area contributed by atoms with Crippen LogP contribution in [0.25, 0.3) is 10.9 Å². The standard InChI is InChI=1S/C33H40F2N2O5/c1-20-15-28(40-5)26(25-12-14-37(29(20)25)31(39)42-32(2,3)4)19-36-13-11-23(24-17-33(34,35)18-24)16-27(36)21-7-9-22(10-8-21)30(38)41-6/h7-10,12,14-15,23-24,27H,11,13,16-19H2,1-6H3/t23-,27-/m0/s1. The Balaban J connectivity index is 1.50. The van der Waals surface area contributed by atoms with Crippen LogP contribution in [0.3, 0.4) is 0 Å². The second-order valence-corrected chi connectivity index (χ2v) is 12.7. The second-order valence-electron chi connectivity index (χ2n) is 12.7. The van der Waals surface area contributed by atoms with Gasteiger partial charge in [0.2, 0.25) is 5.92 Å². The van der Waals surface area contributed by atoms with Gasteiger partial charge in [0.1, 0.15) is 11.4 Å². The molecule has 0 unspecified atom stereocenters. The van der Waals surface area contributed by atoms with Crippen molar-refractivity contribution in [2.75, 3.05) is 20.8 Å². The van der Waals surface area contributed by atoms with Crippen molar-refractivity contribution in [2.45, 2.75) is 77.5 Å². The fourth-order valence-electron chi connectivity index (χ4n) is 6.58. The van der Waals surface area contributed by atoms with Crippen LogP contribution in [0.5, 0.6) is 5.75 Å². The predicted molar refractivity (Wildman–Crippen MR) is 156 cm³/mol. The number of halogens is 2.